The Morgan fingerprint density at radius 2 is 1.63 bits per heavy atom. The van der Waals surface area contributed by atoms with Gasteiger partial charge in [-0.3, -0.25) is 14.5 Å². The highest BCUT2D eigenvalue weighted by Gasteiger charge is 2.35. The second-order valence-corrected chi connectivity index (χ2v) is 9.82. The van der Waals surface area contributed by atoms with Crippen LogP contribution in [0.4, 0.5) is 4.79 Å². The van der Waals surface area contributed by atoms with Crippen LogP contribution in [0, 0.1) is 0 Å². The number of ether oxygens (including phenoxy) is 1. The number of hydrogen-bond acceptors (Lipinski definition) is 4. The van der Waals surface area contributed by atoms with Crippen LogP contribution in [0.15, 0.2) is 89.8 Å². The second-order valence-electron chi connectivity index (χ2n) is 8.01. The Labute approximate surface area is 217 Å². The van der Waals surface area contributed by atoms with Crippen molar-refractivity contribution in [3.8, 4) is 5.75 Å². The van der Waals surface area contributed by atoms with Crippen LogP contribution in [0.25, 0.3) is 16.8 Å². The summed E-state index contributed by atoms with van der Waals surface area (Å²) >= 11 is 13.0. The highest BCUT2D eigenvalue weighted by molar-refractivity contribution is 8.18. The van der Waals surface area contributed by atoms with Gasteiger partial charge in [-0.2, -0.15) is 0 Å². The molecule has 174 valence electrons. The Morgan fingerprint density at radius 1 is 0.857 bits per heavy atom. The molecule has 7 heteroatoms. The number of benzene rings is 4. The summed E-state index contributed by atoms with van der Waals surface area (Å²) in [5.74, 6) is 0.394. The number of amides is 2. The van der Waals surface area contributed by atoms with Gasteiger partial charge < -0.3 is 4.74 Å². The molecule has 5 rings (SSSR count). The zero-order valence-corrected chi connectivity index (χ0v) is 20.7. The van der Waals surface area contributed by atoms with E-state index in [1.165, 1.54) is 4.90 Å². The van der Waals surface area contributed by atoms with Gasteiger partial charge in [-0.25, -0.2) is 0 Å². The average Bonchev–Trinajstić information content (AvgIpc) is 3.13. The molecule has 1 fully saturated rings. The van der Waals surface area contributed by atoms with Gasteiger partial charge in [0.2, 0.25) is 0 Å². The number of imide groups is 1. The van der Waals surface area contributed by atoms with Crippen molar-refractivity contribution in [1.29, 1.82) is 0 Å². The van der Waals surface area contributed by atoms with Crippen LogP contribution < -0.4 is 4.74 Å². The van der Waals surface area contributed by atoms with E-state index in [0.717, 1.165) is 39.2 Å². The summed E-state index contributed by atoms with van der Waals surface area (Å²) < 4.78 is 5.81. The highest BCUT2D eigenvalue weighted by atomic mass is 35.5. The van der Waals surface area contributed by atoms with Gasteiger partial charge in [-0.15, -0.1) is 0 Å². The van der Waals surface area contributed by atoms with Crippen LogP contribution >= 0.6 is 35.0 Å². The fourth-order valence-electron chi connectivity index (χ4n) is 3.84. The molecule has 0 aliphatic carbocycles. The lowest BCUT2D eigenvalue weighted by molar-refractivity contribution is -0.123. The van der Waals surface area contributed by atoms with Gasteiger partial charge >= 0.3 is 0 Å². The number of rotatable bonds is 6. The second kappa shape index (κ2) is 10.2. The van der Waals surface area contributed by atoms with Gasteiger partial charge in [0, 0.05) is 0 Å². The van der Waals surface area contributed by atoms with E-state index in [4.69, 9.17) is 27.9 Å². The van der Waals surface area contributed by atoms with Gasteiger partial charge in [0.15, 0.2) is 0 Å². The molecule has 4 aromatic rings. The molecule has 0 aromatic heterocycles. The van der Waals surface area contributed by atoms with Crippen molar-refractivity contribution < 1.29 is 14.3 Å². The molecule has 4 aromatic carbocycles. The lowest BCUT2D eigenvalue weighted by Gasteiger charge is -2.14. The molecule has 1 aliphatic rings. The molecular formula is C28H19Cl2NO3S. The van der Waals surface area contributed by atoms with Crippen molar-refractivity contribution in [2.24, 2.45) is 0 Å². The number of halogens is 2. The summed E-state index contributed by atoms with van der Waals surface area (Å²) in [5.41, 5.74) is 2.65. The smallest absolute Gasteiger partial charge is 0.293 e. The molecule has 0 unspecified atom stereocenters. The molecule has 4 nitrogen and oxygen atoms in total. The number of fused-ring (bicyclic) bond motifs is 1. The quantitative estimate of drug-likeness (QED) is 0.242. The Kier molecular flexibility index (Phi) is 6.82. The Bertz CT molecular complexity index is 1460. The fraction of sp³-hybridized carbons (Fsp3) is 0.0714. The van der Waals surface area contributed by atoms with Crippen LogP contribution in [-0.4, -0.2) is 16.0 Å². The third-order valence-corrected chi connectivity index (χ3v) is 7.30. The van der Waals surface area contributed by atoms with Crippen molar-refractivity contribution in [3.05, 3.63) is 117 Å². The third-order valence-electron chi connectivity index (χ3n) is 5.65. The van der Waals surface area contributed by atoms with Gasteiger partial charge in [0.05, 0.1) is 21.5 Å². The summed E-state index contributed by atoms with van der Waals surface area (Å²) in [6.07, 6.45) is 1.73. The topological polar surface area (TPSA) is 46.6 Å². The average molecular weight is 520 g/mol. The Hall–Kier alpha value is -3.25. The highest BCUT2D eigenvalue weighted by Crippen LogP contribution is 2.34. The lowest BCUT2D eigenvalue weighted by Crippen LogP contribution is -2.27. The minimum absolute atomic E-state index is 0.241. The number of carbonyl (C=O) groups is 2. The number of hydrogen-bond donors (Lipinski definition) is 0. The largest absolute Gasteiger partial charge is 0.489 e. The summed E-state index contributed by atoms with van der Waals surface area (Å²) in [4.78, 5) is 27.3. The molecular weight excluding hydrogens is 501 g/mol. The molecule has 1 heterocycles. The van der Waals surface area contributed by atoms with E-state index in [2.05, 4.69) is 0 Å². The van der Waals surface area contributed by atoms with Crippen molar-refractivity contribution >= 4 is 63.0 Å². The molecule has 0 atom stereocenters. The standard InChI is InChI=1S/C28H19Cl2NO3S/c29-24-13-10-19(14-25(24)30)17-34-22-11-8-18(9-12-22)15-26-27(32)31(28(33)35-26)16-21-6-3-5-20-4-1-2-7-23(20)21/h1-15H,16-17H2/b26-15-. The Balaban J connectivity index is 1.27. The SMILES string of the molecule is O=C1S/C(=C\c2ccc(OCc3ccc(Cl)c(Cl)c3)cc2)C(=O)N1Cc1cccc2ccccc12. The molecule has 0 spiro atoms. The van der Waals surface area contributed by atoms with Gasteiger partial charge in [-0.05, 0) is 69.6 Å². The number of nitrogens with zero attached hydrogens (tertiary/aromatic N) is 1. The molecule has 35 heavy (non-hydrogen) atoms. The van der Waals surface area contributed by atoms with Gasteiger partial charge in [0.25, 0.3) is 11.1 Å². The molecule has 0 radical (unpaired) electrons. The maximum atomic E-state index is 13.0. The van der Waals surface area contributed by atoms with Crippen molar-refractivity contribution in [3.63, 3.8) is 0 Å². The zero-order valence-electron chi connectivity index (χ0n) is 18.4. The first kappa shape index (κ1) is 23.5. The summed E-state index contributed by atoms with van der Waals surface area (Å²) in [6, 6.07) is 26.6. The van der Waals surface area contributed by atoms with Crippen LogP contribution in [0.3, 0.4) is 0 Å². The third kappa shape index (κ3) is 5.22. The maximum absolute atomic E-state index is 13.0. The predicted octanol–water partition coefficient (Wildman–Crippen LogP) is 7.96. The van der Waals surface area contributed by atoms with Crippen LogP contribution in [-0.2, 0) is 17.9 Å². The normalized spacial score (nSPS) is 14.8. The molecule has 1 aliphatic heterocycles. The van der Waals surface area contributed by atoms with E-state index < -0.39 is 0 Å². The summed E-state index contributed by atoms with van der Waals surface area (Å²) in [6.45, 7) is 0.591. The molecule has 1 saturated heterocycles. The minimum Gasteiger partial charge on any atom is -0.489 e. The van der Waals surface area contributed by atoms with E-state index in [-0.39, 0.29) is 17.7 Å². The predicted molar refractivity (Wildman–Crippen MR) is 143 cm³/mol. The first-order valence-electron chi connectivity index (χ1n) is 10.9. The minimum atomic E-state index is -0.284. The fourth-order valence-corrected chi connectivity index (χ4v) is 5.00. The van der Waals surface area contributed by atoms with Crippen molar-refractivity contribution in [2.75, 3.05) is 0 Å². The molecule has 0 N–H and O–H groups in total. The van der Waals surface area contributed by atoms with E-state index in [9.17, 15) is 9.59 Å². The lowest BCUT2D eigenvalue weighted by atomic mass is 10.0. The van der Waals surface area contributed by atoms with Gasteiger partial charge in [-0.1, -0.05) is 83.9 Å². The van der Waals surface area contributed by atoms with Crippen molar-refractivity contribution in [1.82, 2.24) is 4.90 Å². The molecule has 2 amide bonds. The van der Waals surface area contributed by atoms with Crippen LogP contribution in [0.1, 0.15) is 16.7 Å². The summed E-state index contributed by atoms with van der Waals surface area (Å²) in [7, 11) is 0. The van der Waals surface area contributed by atoms with E-state index in [1.807, 2.05) is 72.8 Å². The maximum Gasteiger partial charge on any atom is 0.293 e. The number of carbonyl (C=O) groups excluding carboxylic acids is 2. The first-order valence-corrected chi connectivity index (χ1v) is 12.4. The van der Waals surface area contributed by atoms with E-state index in [0.29, 0.717) is 27.3 Å². The number of thioether (sulfide) groups is 1. The van der Waals surface area contributed by atoms with Crippen LogP contribution in [0.5, 0.6) is 5.75 Å². The van der Waals surface area contributed by atoms with E-state index in [1.54, 1.807) is 18.2 Å². The van der Waals surface area contributed by atoms with Crippen LogP contribution in [0.2, 0.25) is 10.0 Å². The first-order chi connectivity index (χ1) is 17.0. The Morgan fingerprint density at radius 3 is 2.43 bits per heavy atom. The van der Waals surface area contributed by atoms with Crippen molar-refractivity contribution in [2.45, 2.75) is 13.2 Å². The zero-order chi connectivity index (χ0) is 24.4. The van der Waals surface area contributed by atoms with E-state index >= 15 is 0 Å². The summed E-state index contributed by atoms with van der Waals surface area (Å²) in [5, 5.41) is 2.83. The molecule has 0 bridgehead atoms. The van der Waals surface area contributed by atoms with Gasteiger partial charge in [0.1, 0.15) is 12.4 Å². The monoisotopic (exact) mass is 519 g/mol. The molecule has 0 saturated carbocycles.